The number of methoxy groups -OCH3 is 1. The lowest BCUT2D eigenvalue weighted by atomic mass is 10.1. The highest BCUT2D eigenvalue weighted by molar-refractivity contribution is 5.97. The van der Waals surface area contributed by atoms with Crippen LogP contribution < -0.4 is 10.9 Å². The van der Waals surface area contributed by atoms with Crippen LogP contribution in [0.25, 0.3) is 11.7 Å². The van der Waals surface area contributed by atoms with Gasteiger partial charge in [0.05, 0.1) is 31.6 Å². The van der Waals surface area contributed by atoms with Gasteiger partial charge < -0.3 is 24.8 Å². The zero-order chi connectivity index (χ0) is 25.3. The minimum atomic E-state index is -0.696. The molecule has 0 aromatic carbocycles. The van der Waals surface area contributed by atoms with Crippen LogP contribution in [0.1, 0.15) is 48.3 Å². The maximum atomic E-state index is 13.2. The number of nitrogens with zero attached hydrogens (tertiary/aromatic N) is 4. The number of amides is 2. The topological polar surface area (TPSA) is 127 Å². The van der Waals surface area contributed by atoms with E-state index in [2.05, 4.69) is 10.4 Å². The quantitative estimate of drug-likeness (QED) is 0.531. The van der Waals surface area contributed by atoms with E-state index in [4.69, 9.17) is 9.47 Å². The Kier molecular flexibility index (Phi) is 7.27. The Morgan fingerprint density at radius 2 is 2.09 bits per heavy atom. The molecular formula is C24H33N5O6. The molecule has 2 amide bonds. The van der Waals surface area contributed by atoms with Gasteiger partial charge in [0.2, 0.25) is 11.8 Å². The van der Waals surface area contributed by atoms with E-state index in [0.717, 1.165) is 17.4 Å². The standard InChI is InChI=1S/C24H33N5O6/c1-14(2)11-28-22-18(7-8-19(30)27-9-10-35-13-17(27)12-34-4)15(3)26-29(22)24(33)20(23(28)32)21(31)25-16-5-6-16/h7-8,14,16-17,32H,5-6,9-13H2,1-4H3,(H,25,31). The van der Waals surface area contributed by atoms with E-state index in [0.29, 0.717) is 49.8 Å². The number of aryl methyl sites for hydroxylation is 1. The number of ether oxygens (including phenoxy) is 2. The molecule has 1 saturated carbocycles. The number of morpholine rings is 1. The summed E-state index contributed by atoms with van der Waals surface area (Å²) in [5.74, 6) is -1.12. The van der Waals surface area contributed by atoms with E-state index in [1.54, 1.807) is 25.0 Å². The zero-order valence-corrected chi connectivity index (χ0v) is 20.6. The van der Waals surface area contributed by atoms with Crippen molar-refractivity contribution in [1.82, 2.24) is 24.4 Å². The molecule has 3 heterocycles. The Labute approximate surface area is 203 Å². The third-order valence-electron chi connectivity index (χ3n) is 6.17. The van der Waals surface area contributed by atoms with Gasteiger partial charge in [-0.15, -0.1) is 0 Å². The van der Waals surface area contributed by atoms with Crippen molar-refractivity contribution >= 4 is 23.5 Å². The van der Waals surface area contributed by atoms with E-state index >= 15 is 0 Å². The van der Waals surface area contributed by atoms with E-state index in [1.807, 2.05) is 13.8 Å². The second kappa shape index (κ2) is 10.2. The first-order chi connectivity index (χ1) is 16.7. The van der Waals surface area contributed by atoms with Crippen molar-refractivity contribution in [2.45, 2.75) is 52.2 Å². The fourth-order valence-electron chi connectivity index (χ4n) is 4.31. The predicted octanol–water partition coefficient (Wildman–Crippen LogP) is 0.945. The Hall–Kier alpha value is -3.18. The third-order valence-corrected chi connectivity index (χ3v) is 6.17. The highest BCUT2D eigenvalue weighted by Crippen LogP contribution is 2.26. The monoisotopic (exact) mass is 487 g/mol. The van der Waals surface area contributed by atoms with Crippen LogP contribution in [0, 0.1) is 12.8 Å². The average molecular weight is 488 g/mol. The number of carbonyl (C=O) groups excluding carboxylic acids is 2. The summed E-state index contributed by atoms with van der Waals surface area (Å²) in [6.07, 6.45) is 4.76. The van der Waals surface area contributed by atoms with Gasteiger partial charge in [0, 0.05) is 37.9 Å². The number of aromatic hydroxyl groups is 1. The molecule has 1 aliphatic carbocycles. The van der Waals surface area contributed by atoms with Gasteiger partial charge in [-0.3, -0.25) is 19.0 Å². The largest absolute Gasteiger partial charge is 0.494 e. The first-order valence-corrected chi connectivity index (χ1v) is 11.9. The maximum absolute atomic E-state index is 13.2. The summed E-state index contributed by atoms with van der Waals surface area (Å²) in [5, 5.41) is 18.2. The number of nitrogens with one attached hydrogen (secondary N) is 1. The van der Waals surface area contributed by atoms with E-state index in [1.165, 1.54) is 10.6 Å². The predicted molar refractivity (Wildman–Crippen MR) is 128 cm³/mol. The number of hydrogen-bond acceptors (Lipinski definition) is 7. The smallest absolute Gasteiger partial charge is 0.291 e. The molecule has 1 atom stereocenters. The van der Waals surface area contributed by atoms with Gasteiger partial charge in [-0.25, -0.2) is 0 Å². The Balaban J connectivity index is 1.77. The van der Waals surface area contributed by atoms with Gasteiger partial charge >= 0.3 is 0 Å². The summed E-state index contributed by atoms with van der Waals surface area (Å²) in [4.78, 5) is 40.7. The van der Waals surface area contributed by atoms with Gasteiger partial charge in [-0.1, -0.05) is 13.8 Å². The molecule has 2 aromatic heterocycles. The Bertz CT molecular complexity index is 1210. The lowest BCUT2D eigenvalue weighted by Crippen LogP contribution is -2.50. The summed E-state index contributed by atoms with van der Waals surface area (Å²) in [7, 11) is 1.58. The molecule has 35 heavy (non-hydrogen) atoms. The van der Waals surface area contributed by atoms with Crippen LogP contribution in [0.15, 0.2) is 10.9 Å². The molecule has 4 rings (SSSR count). The molecule has 2 aromatic rings. The molecule has 1 unspecified atom stereocenters. The van der Waals surface area contributed by atoms with Crippen molar-refractivity contribution < 1.29 is 24.2 Å². The second-order valence-electron chi connectivity index (χ2n) is 9.54. The van der Waals surface area contributed by atoms with E-state index in [9.17, 15) is 19.5 Å². The van der Waals surface area contributed by atoms with Crippen LogP contribution in [0.2, 0.25) is 0 Å². The fraction of sp³-hybridized carbons (Fsp3) is 0.583. The van der Waals surface area contributed by atoms with Gasteiger partial charge in [0.15, 0.2) is 5.56 Å². The number of carbonyl (C=O) groups is 2. The molecule has 11 heteroatoms. The van der Waals surface area contributed by atoms with Crippen LogP contribution in [-0.4, -0.2) is 81.6 Å². The summed E-state index contributed by atoms with van der Waals surface area (Å²) in [5.41, 5.74) is 0.337. The molecule has 190 valence electrons. The normalized spacial score (nSPS) is 18.7. The molecule has 2 fully saturated rings. The first kappa shape index (κ1) is 24.9. The minimum Gasteiger partial charge on any atom is -0.494 e. The molecule has 1 aliphatic heterocycles. The SMILES string of the molecule is COCC1COCCN1C(=O)C=Cc1c(C)nn2c(=O)c(C(=O)NC3CC3)c(O)n(CC(C)C)c12. The third kappa shape index (κ3) is 5.10. The minimum absolute atomic E-state index is 0.0292. The van der Waals surface area contributed by atoms with Gasteiger partial charge in [0.1, 0.15) is 5.65 Å². The summed E-state index contributed by atoms with van der Waals surface area (Å²) < 4.78 is 13.4. The van der Waals surface area contributed by atoms with Crippen LogP contribution in [0.3, 0.4) is 0 Å². The van der Waals surface area contributed by atoms with Crippen molar-refractivity contribution in [1.29, 1.82) is 0 Å². The van der Waals surface area contributed by atoms with E-state index < -0.39 is 17.3 Å². The molecule has 0 radical (unpaired) electrons. The van der Waals surface area contributed by atoms with Crippen molar-refractivity contribution in [3.8, 4) is 5.88 Å². The Morgan fingerprint density at radius 3 is 2.74 bits per heavy atom. The molecule has 0 spiro atoms. The lowest BCUT2D eigenvalue weighted by Gasteiger charge is -2.34. The molecule has 2 aliphatic rings. The first-order valence-electron chi connectivity index (χ1n) is 11.9. The summed E-state index contributed by atoms with van der Waals surface area (Å²) >= 11 is 0. The van der Waals surface area contributed by atoms with E-state index in [-0.39, 0.29) is 29.5 Å². The van der Waals surface area contributed by atoms with Crippen LogP contribution in [-0.2, 0) is 20.8 Å². The fourth-order valence-corrected chi connectivity index (χ4v) is 4.31. The van der Waals surface area contributed by atoms with Gasteiger partial charge in [0.25, 0.3) is 11.5 Å². The van der Waals surface area contributed by atoms with Crippen LogP contribution in [0.4, 0.5) is 0 Å². The zero-order valence-electron chi connectivity index (χ0n) is 20.6. The van der Waals surface area contributed by atoms with Gasteiger partial charge in [-0.05, 0) is 31.8 Å². The summed E-state index contributed by atoms with van der Waals surface area (Å²) in [6, 6.07) is -0.159. The van der Waals surface area contributed by atoms with Crippen molar-refractivity contribution in [2.75, 3.05) is 33.5 Å². The molecule has 11 nitrogen and oxygen atoms in total. The number of fused-ring (bicyclic) bond motifs is 1. The van der Waals surface area contributed by atoms with Crippen molar-refractivity contribution in [3.05, 3.63) is 33.3 Å². The molecule has 2 N–H and O–H groups in total. The maximum Gasteiger partial charge on any atom is 0.291 e. The number of hydrogen-bond donors (Lipinski definition) is 2. The molecule has 0 bridgehead atoms. The van der Waals surface area contributed by atoms with Crippen molar-refractivity contribution in [3.63, 3.8) is 0 Å². The number of aromatic nitrogens is 3. The van der Waals surface area contributed by atoms with Crippen LogP contribution >= 0.6 is 0 Å². The molecule has 1 saturated heterocycles. The van der Waals surface area contributed by atoms with Gasteiger partial charge in [-0.2, -0.15) is 9.61 Å². The Morgan fingerprint density at radius 1 is 1.34 bits per heavy atom. The van der Waals surface area contributed by atoms with Crippen molar-refractivity contribution in [2.24, 2.45) is 5.92 Å². The number of rotatable bonds is 8. The summed E-state index contributed by atoms with van der Waals surface area (Å²) in [6.45, 7) is 7.66. The lowest BCUT2D eigenvalue weighted by molar-refractivity contribution is -0.136. The highest BCUT2D eigenvalue weighted by atomic mass is 16.5. The highest BCUT2D eigenvalue weighted by Gasteiger charge is 2.31. The average Bonchev–Trinajstić information content (AvgIpc) is 3.56. The van der Waals surface area contributed by atoms with Crippen LogP contribution in [0.5, 0.6) is 5.88 Å². The second-order valence-corrected chi connectivity index (χ2v) is 9.54. The molecular weight excluding hydrogens is 454 g/mol.